The van der Waals surface area contributed by atoms with Crippen molar-refractivity contribution in [1.82, 2.24) is 5.32 Å². The first-order valence-corrected chi connectivity index (χ1v) is 12.2. The second-order valence-electron chi connectivity index (χ2n) is 9.56. The van der Waals surface area contributed by atoms with Crippen molar-refractivity contribution in [3.05, 3.63) is 101 Å². The number of fused-ring (bicyclic) bond motifs is 1. The molecule has 0 fully saturated rings. The van der Waals surface area contributed by atoms with E-state index in [1.54, 1.807) is 63.2 Å². The summed E-state index contributed by atoms with van der Waals surface area (Å²) < 4.78 is 5.50. The molecule has 3 aromatic carbocycles. The number of benzene rings is 3. The van der Waals surface area contributed by atoms with E-state index in [2.05, 4.69) is 10.6 Å². The van der Waals surface area contributed by atoms with Crippen molar-refractivity contribution in [3.8, 4) is 0 Å². The Morgan fingerprint density at radius 2 is 1.59 bits per heavy atom. The van der Waals surface area contributed by atoms with Gasteiger partial charge < -0.3 is 15.4 Å². The Morgan fingerprint density at radius 3 is 2.27 bits per heavy atom. The quantitative estimate of drug-likeness (QED) is 0.428. The van der Waals surface area contributed by atoms with Crippen LogP contribution in [0.5, 0.6) is 0 Å². The fourth-order valence-electron chi connectivity index (χ4n) is 4.03. The molecule has 0 aliphatic carbocycles. The third-order valence-corrected chi connectivity index (χ3v) is 5.78. The fourth-order valence-corrected chi connectivity index (χ4v) is 4.16. The number of nitrogens with zero attached hydrogens (tertiary/aromatic N) is 1. The molecule has 7 nitrogen and oxygen atoms in total. The molecule has 0 radical (unpaired) electrons. The normalized spacial score (nSPS) is 15.2. The summed E-state index contributed by atoms with van der Waals surface area (Å²) >= 11 is 5.93. The molecule has 0 spiro atoms. The van der Waals surface area contributed by atoms with Crippen LogP contribution in [0.1, 0.15) is 31.9 Å². The smallest absolute Gasteiger partial charge is 0.326 e. The van der Waals surface area contributed by atoms with Crippen LogP contribution in [0.2, 0.25) is 5.02 Å². The van der Waals surface area contributed by atoms with Crippen LogP contribution in [0.25, 0.3) is 5.57 Å². The van der Waals surface area contributed by atoms with Crippen LogP contribution < -0.4 is 15.5 Å². The number of carbonyl (C=O) groups is 3. The molecule has 4 rings (SSSR count). The van der Waals surface area contributed by atoms with Gasteiger partial charge in [-0.05, 0) is 68.3 Å². The molecule has 3 aromatic rings. The fraction of sp³-hybridized carbons (Fsp3) is 0.207. The van der Waals surface area contributed by atoms with Gasteiger partial charge >= 0.3 is 12.0 Å². The second-order valence-corrected chi connectivity index (χ2v) is 9.99. The molecule has 1 unspecified atom stereocenters. The van der Waals surface area contributed by atoms with Crippen LogP contribution >= 0.6 is 11.6 Å². The van der Waals surface area contributed by atoms with Gasteiger partial charge in [0.05, 0.1) is 5.69 Å². The lowest BCUT2D eigenvalue weighted by Crippen LogP contribution is -2.50. The van der Waals surface area contributed by atoms with Gasteiger partial charge in [-0.1, -0.05) is 60.1 Å². The Bertz CT molecular complexity index is 1330. The number of anilines is 2. The molecule has 0 saturated heterocycles. The maximum atomic E-state index is 13.8. The minimum Gasteiger partial charge on any atom is -0.459 e. The van der Waals surface area contributed by atoms with Gasteiger partial charge in [-0.3, -0.25) is 14.5 Å². The zero-order chi connectivity index (χ0) is 26.6. The van der Waals surface area contributed by atoms with Gasteiger partial charge in [-0.2, -0.15) is 0 Å². The summed E-state index contributed by atoms with van der Waals surface area (Å²) in [4.78, 5) is 40.9. The van der Waals surface area contributed by atoms with Crippen molar-refractivity contribution in [1.29, 1.82) is 0 Å². The van der Waals surface area contributed by atoms with Gasteiger partial charge in [0.25, 0.3) is 5.91 Å². The van der Waals surface area contributed by atoms with Crippen LogP contribution in [-0.4, -0.2) is 36.1 Å². The standard InChI is InChI=1S/C29H28ClN3O4/c1-29(2,3)37-26(34)18-33-25-12-8-7-11-22(25)23(19-9-5-4-6-10-19)17-24(27(33)35)32-28(36)31-21-15-13-20(30)14-16-21/h4-17,24H,18H2,1-3H3,(H2,31,32,36). The first-order valence-electron chi connectivity index (χ1n) is 11.8. The Hall–Kier alpha value is -4.10. The SMILES string of the molecule is CC(C)(C)OC(=O)CN1C(=O)C(NC(=O)Nc2ccc(Cl)cc2)C=C(c2ccccc2)c2ccccc21. The van der Waals surface area contributed by atoms with Crippen molar-refractivity contribution in [2.75, 3.05) is 16.8 Å². The molecule has 37 heavy (non-hydrogen) atoms. The lowest BCUT2D eigenvalue weighted by Gasteiger charge is -2.27. The predicted octanol–water partition coefficient (Wildman–Crippen LogP) is 5.65. The number of urea groups is 1. The van der Waals surface area contributed by atoms with Gasteiger partial charge in [0, 0.05) is 16.3 Å². The van der Waals surface area contributed by atoms with Gasteiger partial charge in [0.2, 0.25) is 0 Å². The van der Waals surface area contributed by atoms with Crippen molar-refractivity contribution in [3.63, 3.8) is 0 Å². The lowest BCUT2D eigenvalue weighted by molar-refractivity contribution is -0.153. The third kappa shape index (κ3) is 6.57. The number of hydrogen-bond acceptors (Lipinski definition) is 4. The highest BCUT2D eigenvalue weighted by Crippen LogP contribution is 2.35. The van der Waals surface area contributed by atoms with Crippen molar-refractivity contribution >= 4 is 46.5 Å². The molecule has 1 atom stereocenters. The van der Waals surface area contributed by atoms with E-state index >= 15 is 0 Å². The van der Waals surface area contributed by atoms with Crippen LogP contribution in [0.4, 0.5) is 16.2 Å². The van der Waals surface area contributed by atoms with E-state index < -0.39 is 29.6 Å². The Kier molecular flexibility index (Phi) is 7.64. The number of amides is 3. The van der Waals surface area contributed by atoms with E-state index in [1.807, 2.05) is 42.5 Å². The summed E-state index contributed by atoms with van der Waals surface area (Å²) in [6.45, 7) is 5.00. The predicted molar refractivity (Wildman–Crippen MR) is 146 cm³/mol. The summed E-state index contributed by atoms with van der Waals surface area (Å²) in [5.41, 5.74) is 2.74. The molecule has 1 heterocycles. The number of carbonyl (C=O) groups excluding carboxylic acids is 3. The summed E-state index contributed by atoms with van der Waals surface area (Å²) in [7, 11) is 0. The van der Waals surface area contributed by atoms with Gasteiger partial charge in [-0.15, -0.1) is 0 Å². The molecule has 190 valence electrons. The molecule has 0 bridgehead atoms. The summed E-state index contributed by atoms with van der Waals surface area (Å²) in [5.74, 6) is -1.02. The van der Waals surface area contributed by atoms with Crippen molar-refractivity contribution in [2.45, 2.75) is 32.4 Å². The highest BCUT2D eigenvalue weighted by Gasteiger charge is 2.34. The van der Waals surface area contributed by atoms with E-state index in [0.717, 1.165) is 16.7 Å². The summed E-state index contributed by atoms with van der Waals surface area (Å²) in [5, 5.41) is 6.01. The maximum absolute atomic E-state index is 13.8. The average Bonchev–Trinajstić information content (AvgIpc) is 2.95. The number of para-hydroxylation sites is 1. The largest absolute Gasteiger partial charge is 0.459 e. The minimum atomic E-state index is -1.06. The van der Waals surface area contributed by atoms with Crippen molar-refractivity contribution < 1.29 is 19.1 Å². The van der Waals surface area contributed by atoms with E-state index in [-0.39, 0.29) is 6.54 Å². The van der Waals surface area contributed by atoms with E-state index in [1.165, 1.54) is 4.90 Å². The molecule has 0 saturated carbocycles. The molecule has 2 N–H and O–H groups in total. The first-order chi connectivity index (χ1) is 17.6. The second kappa shape index (κ2) is 10.9. The minimum absolute atomic E-state index is 0.306. The zero-order valence-electron chi connectivity index (χ0n) is 20.8. The maximum Gasteiger partial charge on any atom is 0.326 e. The van der Waals surface area contributed by atoms with Crippen LogP contribution in [0.3, 0.4) is 0 Å². The summed E-state index contributed by atoms with van der Waals surface area (Å²) in [6, 6.07) is 21.9. The number of rotatable bonds is 5. The Labute approximate surface area is 221 Å². The topological polar surface area (TPSA) is 87.7 Å². The molecule has 1 aliphatic rings. The molecular weight excluding hydrogens is 490 g/mol. The monoisotopic (exact) mass is 517 g/mol. The number of ether oxygens (including phenoxy) is 1. The molecule has 1 aliphatic heterocycles. The number of halogens is 1. The lowest BCUT2D eigenvalue weighted by atomic mass is 9.95. The molecule has 0 aromatic heterocycles. The highest BCUT2D eigenvalue weighted by molar-refractivity contribution is 6.30. The van der Waals surface area contributed by atoms with Crippen LogP contribution in [0.15, 0.2) is 84.9 Å². The summed E-state index contributed by atoms with van der Waals surface area (Å²) in [6.07, 6.45) is 1.72. The molecule has 3 amide bonds. The highest BCUT2D eigenvalue weighted by atomic mass is 35.5. The van der Waals surface area contributed by atoms with Gasteiger partial charge in [-0.25, -0.2) is 4.79 Å². The van der Waals surface area contributed by atoms with Crippen LogP contribution in [-0.2, 0) is 14.3 Å². The van der Waals surface area contributed by atoms with E-state index in [0.29, 0.717) is 16.4 Å². The molecular formula is C29H28ClN3O4. The third-order valence-electron chi connectivity index (χ3n) is 5.53. The van der Waals surface area contributed by atoms with Crippen molar-refractivity contribution in [2.24, 2.45) is 0 Å². The average molecular weight is 518 g/mol. The Morgan fingerprint density at radius 1 is 0.946 bits per heavy atom. The Balaban J connectivity index is 1.72. The van der Waals surface area contributed by atoms with E-state index in [4.69, 9.17) is 16.3 Å². The first kappa shape index (κ1) is 26.0. The number of hydrogen-bond donors (Lipinski definition) is 2. The number of nitrogens with one attached hydrogen (secondary N) is 2. The van der Waals surface area contributed by atoms with Crippen LogP contribution in [0, 0.1) is 0 Å². The zero-order valence-corrected chi connectivity index (χ0v) is 21.6. The molecule has 8 heteroatoms. The van der Waals surface area contributed by atoms with Gasteiger partial charge in [0.15, 0.2) is 0 Å². The number of esters is 1. The van der Waals surface area contributed by atoms with Gasteiger partial charge in [0.1, 0.15) is 18.2 Å². The van der Waals surface area contributed by atoms with E-state index in [9.17, 15) is 14.4 Å².